The number of aliphatic hydroxyl groups is 1. The number of fused-ring (bicyclic) bond motifs is 1. The lowest BCUT2D eigenvalue weighted by molar-refractivity contribution is 0.0445. The zero-order valence-electron chi connectivity index (χ0n) is 16.6. The van der Waals surface area contributed by atoms with Crippen molar-refractivity contribution in [2.45, 2.75) is 24.9 Å². The predicted octanol–water partition coefficient (Wildman–Crippen LogP) is 5.07. The van der Waals surface area contributed by atoms with Gasteiger partial charge in [-0.25, -0.2) is 4.98 Å². The van der Waals surface area contributed by atoms with Crippen molar-refractivity contribution in [3.8, 4) is 5.88 Å². The highest BCUT2D eigenvalue weighted by Crippen LogP contribution is 2.44. The molecular weight excluding hydrogens is 360 g/mol. The Morgan fingerprint density at radius 1 is 0.828 bits per heavy atom. The van der Waals surface area contributed by atoms with Gasteiger partial charge in [0.1, 0.15) is 11.4 Å². The summed E-state index contributed by atoms with van der Waals surface area (Å²) in [5, 5.41) is 13.0. The molecule has 0 fully saturated rings. The van der Waals surface area contributed by atoms with Gasteiger partial charge in [0.2, 0.25) is 5.88 Å². The molecule has 1 N–H and O–H groups in total. The molecule has 0 aliphatic rings. The van der Waals surface area contributed by atoms with Crippen LogP contribution in [0, 0.1) is 0 Å². The van der Waals surface area contributed by atoms with Crippen molar-refractivity contribution >= 4 is 10.9 Å². The summed E-state index contributed by atoms with van der Waals surface area (Å²) in [5.41, 5.74) is 1.16. The van der Waals surface area contributed by atoms with Gasteiger partial charge in [-0.15, -0.1) is 0 Å². The van der Waals surface area contributed by atoms with Crippen LogP contribution < -0.4 is 4.74 Å². The minimum atomic E-state index is -1.27. The molecule has 0 amide bonds. The van der Waals surface area contributed by atoms with Crippen LogP contribution in [0.3, 0.4) is 0 Å². The molecule has 0 radical (unpaired) electrons. The summed E-state index contributed by atoms with van der Waals surface area (Å²) in [4.78, 5) is 9.54. The fourth-order valence-electron chi connectivity index (χ4n) is 3.99. The first-order valence-electron chi connectivity index (χ1n) is 9.82. The first kappa shape index (κ1) is 19.1. The maximum Gasteiger partial charge on any atom is 0.224 e. The Hall–Kier alpha value is -3.24. The molecule has 1 unspecified atom stereocenters. The third kappa shape index (κ3) is 3.36. The van der Waals surface area contributed by atoms with E-state index in [2.05, 4.69) is 0 Å². The second kappa shape index (κ2) is 8.02. The third-order valence-electron chi connectivity index (χ3n) is 5.43. The summed E-state index contributed by atoms with van der Waals surface area (Å²) in [6.45, 7) is 2.05. The fourth-order valence-corrected chi connectivity index (χ4v) is 3.99. The number of ether oxygens (including phenoxy) is 1. The molecule has 1 atom stereocenters. The molecule has 0 saturated heterocycles. The Bertz CT molecular complexity index is 1060. The predicted molar refractivity (Wildman–Crippen MR) is 115 cm³/mol. The van der Waals surface area contributed by atoms with Crippen LogP contribution in [0.4, 0.5) is 0 Å². The van der Waals surface area contributed by atoms with Crippen LogP contribution in [-0.4, -0.2) is 22.2 Å². The number of hydrogen-bond donors (Lipinski definition) is 1. The maximum absolute atomic E-state index is 12.2. The van der Waals surface area contributed by atoms with Crippen LogP contribution in [0.1, 0.15) is 36.2 Å². The van der Waals surface area contributed by atoms with E-state index in [1.165, 1.54) is 0 Å². The van der Waals surface area contributed by atoms with Gasteiger partial charge in [0.05, 0.1) is 23.9 Å². The van der Waals surface area contributed by atoms with E-state index in [0.29, 0.717) is 18.1 Å². The average Bonchev–Trinajstić information content (AvgIpc) is 2.80. The zero-order valence-corrected chi connectivity index (χ0v) is 16.6. The third-order valence-corrected chi connectivity index (χ3v) is 5.43. The molecule has 4 aromatic rings. The summed E-state index contributed by atoms with van der Waals surface area (Å²) in [7, 11) is 1.61. The molecule has 1 aromatic heterocycles. The lowest BCUT2D eigenvalue weighted by Gasteiger charge is -2.36. The number of hydrogen-bond acceptors (Lipinski definition) is 4. The average molecular weight is 384 g/mol. The Morgan fingerprint density at radius 2 is 1.38 bits per heavy atom. The highest BCUT2D eigenvalue weighted by atomic mass is 16.5. The zero-order chi connectivity index (χ0) is 20.3. The molecule has 0 saturated carbocycles. The van der Waals surface area contributed by atoms with Crippen LogP contribution in [-0.2, 0) is 5.60 Å². The molecule has 4 heteroatoms. The summed E-state index contributed by atoms with van der Waals surface area (Å²) in [6, 6.07) is 27.3. The molecule has 3 aromatic carbocycles. The molecule has 146 valence electrons. The molecule has 0 spiro atoms. The van der Waals surface area contributed by atoms with Crippen LogP contribution in [0.15, 0.2) is 84.9 Å². The van der Waals surface area contributed by atoms with Gasteiger partial charge in [0.25, 0.3) is 0 Å². The highest BCUT2D eigenvalue weighted by Gasteiger charge is 2.42. The smallest absolute Gasteiger partial charge is 0.224 e. The number of para-hydroxylation sites is 1. The van der Waals surface area contributed by atoms with Crippen molar-refractivity contribution < 1.29 is 9.84 Å². The lowest BCUT2D eigenvalue weighted by atomic mass is 9.74. The summed E-state index contributed by atoms with van der Waals surface area (Å²) < 4.78 is 5.55. The van der Waals surface area contributed by atoms with Crippen LogP contribution in [0.25, 0.3) is 10.9 Å². The van der Waals surface area contributed by atoms with E-state index in [0.717, 1.165) is 22.0 Å². The molecule has 1 heterocycles. The van der Waals surface area contributed by atoms with Crippen molar-refractivity contribution in [1.29, 1.82) is 0 Å². The van der Waals surface area contributed by atoms with Crippen LogP contribution in [0.5, 0.6) is 5.88 Å². The molecule has 4 nitrogen and oxygen atoms in total. The first-order chi connectivity index (χ1) is 14.2. The molecule has 0 aliphatic heterocycles. The van der Waals surface area contributed by atoms with Crippen molar-refractivity contribution in [1.82, 2.24) is 9.97 Å². The van der Waals surface area contributed by atoms with E-state index < -0.39 is 5.60 Å². The molecule has 0 aliphatic carbocycles. The van der Waals surface area contributed by atoms with Gasteiger partial charge in [-0.1, -0.05) is 79.7 Å². The van der Waals surface area contributed by atoms with Crippen molar-refractivity contribution in [2.75, 3.05) is 7.11 Å². The van der Waals surface area contributed by atoms with Gasteiger partial charge in [-0.2, -0.15) is 4.98 Å². The largest absolute Gasteiger partial charge is 0.480 e. The number of benzene rings is 3. The van der Waals surface area contributed by atoms with E-state index in [-0.39, 0.29) is 5.92 Å². The first-order valence-corrected chi connectivity index (χ1v) is 9.82. The molecule has 4 rings (SSSR count). The minimum Gasteiger partial charge on any atom is -0.480 e. The fraction of sp³-hybridized carbons (Fsp3) is 0.200. The van der Waals surface area contributed by atoms with Gasteiger partial charge in [0, 0.05) is 0 Å². The topological polar surface area (TPSA) is 55.2 Å². The number of methoxy groups -OCH3 is 1. The maximum atomic E-state index is 12.2. The molecule has 0 bridgehead atoms. The van der Waals surface area contributed by atoms with Gasteiger partial charge < -0.3 is 9.84 Å². The monoisotopic (exact) mass is 384 g/mol. The standard InChI is InChI=1S/C25H24N2O2/c1-3-21(23-26-22-17-11-10-16-20(22)24(27-23)29-2)25(28,18-12-6-4-7-13-18)19-14-8-5-9-15-19/h4-17,21,28H,3H2,1-2H3. The van der Waals surface area contributed by atoms with E-state index in [1.54, 1.807) is 7.11 Å². The highest BCUT2D eigenvalue weighted by molar-refractivity contribution is 5.83. The Balaban J connectivity index is 1.95. The van der Waals surface area contributed by atoms with Gasteiger partial charge in [0.15, 0.2) is 0 Å². The van der Waals surface area contributed by atoms with Crippen molar-refractivity contribution in [3.63, 3.8) is 0 Å². The SMILES string of the molecule is CCC(c1nc(OC)c2ccccc2n1)C(O)(c1ccccc1)c1ccccc1. The summed E-state index contributed by atoms with van der Waals surface area (Å²) in [5.74, 6) is 0.733. The second-order valence-corrected chi connectivity index (χ2v) is 7.07. The minimum absolute atomic E-state index is 0.356. The number of aromatic nitrogens is 2. The van der Waals surface area contributed by atoms with Gasteiger partial charge in [-0.3, -0.25) is 0 Å². The number of rotatable bonds is 6. The Morgan fingerprint density at radius 3 is 1.93 bits per heavy atom. The Labute approximate surface area is 170 Å². The summed E-state index contributed by atoms with van der Waals surface area (Å²) in [6.07, 6.45) is 0.655. The quantitative estimate of drug-likeness (QED) is 0.504. The lowest BCUT2D eigenvalue weighted by Crippen LogP contribution is -2.35. The van der Waals surface area contributed by atoms with E-state index in [9.17, 15) is 5.11 Å². The molecular formula is C25H24N2O2. The van der Waals surface area contributed by atoms with Gasteiger partial charge >= 0.3 is 0 Å². The van der Waals surface area contributed by atoms with E-state index in [4.69, 9.17) is 14.7 Å². The second-order valence-electron chi connectivity index (χ2n) is 7.07. The number of nitrogens with zero attached hydrogens (tertiary/aromatic N) is 2. The van der Waals surface area contributed by atoms with Crippen molar-refractivity contribution in [2.24, 2.45) is 0 Å². The van der Waals surface area contributed by atoms with Gasteiger partial charge in [-0.05, 0) is 29.7 Å². The van der Waals surface area contributed by atoms with E-state index >= 15 is 0 Å². The van der Waals surface area contributed by atoms with E-state index in [1.807, 2.05) is 91.9 Å². The Kier molecular flexibility index (Phi) is 5.28. The van der Waals surface area contributed by atoms with Crippen LogP contribution >= 0.6 is 0 Å². The van der Waals surface area contributed by atoms with Crippen molar-refractivity contribution in [3.05, 3.63) is 102 Å². The molecule has 29 heavy (non-hydrogen) atoms. The van der Waals surface area contributed by atoms with Crippen LogP contribution in [0.2, 0.25) is 0 Å². The normalized spacial score (nSPS) is 12.7. The summed E-state index contributed by atoms with van der Waals surface area (Å²) >= 11 is 0.